The lowest BCUT2D eigenvalue weighted by atomic mass is 10.2. The lowest BCUT2D eigenvalue weighted by Gasteiger charge is -2.08. The van der Waals surface area contributed by atoms with Gasteiger partial charge in [0.2, 0.25) is 5.91 Å². The maximum atomic E-state index is 11.7. The molecule has 18 heavy (non-hydrogen) atoms. The Morgan fingerprint density at radius 3 is 2.44 bits per heavy atom. The maximum absolute atomic E-state index is 11.7. The highest BCUT2D eigenvalue weighted by molar-refractivity contribution is 5.93. The predicted octanol–water partition coefficient (Wildman–Crippen LogP) is 3.05. The van der Waals surface area contributed by atoms with Gasteiger partial charge in [-0.3, -0.25) is 4.79 Å². The number of carbonyl (C=O) groups is 1. The fourth-order valence-corrected chi connectivity index (χ4v) is 1.67. The highest BCUT2D eigenvalue weighted by Crippen LogP contribution is 2.09. The van der Waals surface area contributed by atoms with Crippen LogP contribution in [0.15, 0.2) is 54.6 Å². The first-order valence-electron chi connectivity index (χ1n) is 5.89. The Labute approximate surface area is 107 Å². The number of nitrogens with one attached hydrogen (secondary N) is 2. The quantitative estimate of drug-likeness (QED) is 0.862. The molecule has 2 aromatic carbocycles. The first-order valence-corrected chi connectivity index (χ1v) is 5.89. The summed E-state index contributed by atoms with van der Waals surface area (Å²) in [6.45, 7) is 2.26. The Bertz CT molecular complexity index is 523. The number of amides is 1. The van der Waals surface area contributed by atoms with Gasteiger partial charge in [0.05, 0.1) is 6.54 Å². The van der Waals surface area contributed by atoms with Gasteiger partial charge in [-0.1, -0.05) is 30.3 Å². The number of para-hydroxylation sites is 1. The van der Waals surface area contributed by atoms with E-state index in [4.69, 9.17) is 0 Å². The Kier molecular flexibility index (Phi) is 3.97. The number of hydrogen-bond acceptors (Lipinski definition) is 2. The molecule has 0 unspecified atom stereocenters. The molecule has 2 N–H and O–H groups in total. The van der Waals surface area contributed by atoms with Gasteiger partial charge in [-0.15, -0.1) is 0 Å². The zero-order valence-electron chi connectivity index (χ0n) is 10.3. The van der Waals surface area contributed by atoms with Crippen molar-refractivity contribution in [2.24, 2.45) is 0 Å². The van der Waals surface area contributed by atoms with E-state index in [-0.39, 0.29) is 12.5 Å². The molecule has 0 aromatic heterocycles. The van der Waals surface area contributed by atoms with E-state index in [9.17, 15) is 4.79 Å². The lowest BCUT2D eigenvalue weighted by molar-refractivity contribution is -0.114. The number of rotatable bonds is 4. The van der Waals surface area contributed by atoms with Crippen LogP contribution in [0.2, 0.25) is 0 Å². The smallest absolute Gasteiger partial charge is 0.243 e. The van der Waals surface area contributed by atoms with Crippen LogP contribution in [0.3, 0.4) is 0 Å². The topological polar surface area (TPSA) is 41.1 Å². The molecule has 0 fully saturated rings. The van der Waals surface area contributed by atoms with Crippen LogP contribution in [0.5, 0.6) is 0 Å². The summed E-state index contributed by atoms with van der Waals surface area (Å²) in [6.07, 6.45) is 0. The largest absolute Gasteiger partial charge is 0.376 e. The van der Waals surface area contributed by atoms with Crippen LogP contribution < -0.4 is 10.6 Å². The Morgan fingerprint density at radius 2 is 1.72 bits per heavy atom. The maximum Gasteiger partial charge on any atom is 0.243 e. The van der Waals surface area contributed by atoms with Gasteiger partial charge in [-0.25, -0.2) is 0 Å². The van der Waals surface area contributed by atoms with Crippen LogP contribution in [0.4, 0.5) is 11.4 Å². The van der Waals surface area contributed by atoms with E-state index in [0.717, 1.165) is 16.9 Å². The number of carbonyl (C=O) groups excluding carboxylic acids is 1. The van der Waals surface area contributed by atoms with Crippen LogP contribution in [-0.2, 0) is 4.79 Å². The summed E-state index contributed by atoms with van der Waals surface area (Å²) in [4.78, 5) is 11.7. The number of hydrogen-bond donors (Lipinski definition) is 2. The minimum Gasteiger partial charge on any atom is -0.376 e. The molecule has 1 amide bonds. The molecule has 0 saturated heterocycles. The van der Waals surface area contributed by atoms with Gasteiger partial charge < -0.3 is 10.6 Å². The molecule has 0 saturated carbocycles. The van der Waals surface area contributed by atoms with Crippen molar-refractivity contribution in [3.8, 4) is 0 Å². The van der Waals surface area contributed by atoms with E-state index >= 15 is 0 Å². The average Bonchev–Trinajstić information content (AvgIpc) is 2.38. The molecule has 3 heteroatoms. The monoisotopic (exact) mass is 240 g/mol. The van der Waals surface area contributed by atoms with E-state index in [2.05, 4.69) is 10.6 Å². The van der Waals surface area contributed by atoms with Gasteiger partial charge >= 0.3 is 0 Å². The van der Waals surface area contributed by atoms with Crippen molar-refractivity contribution < 1.29 is 4.79 Å². The van der Waals surface area contributed by atoms with Gasteiger partial charge in [-0.2, -0.15) is 0 Å². The fourth-order valence-electron chi connectivity index (χ4n) is 1.67. The molecule has 0 aliphatic heterocycles. The van der Waals surface area contributed by atoms with Crippen molar-refractivity contribution in [1.29, 1.82) is 0 Å². The summed E-state index contributed by atoms with van der Waals surface area (Å²) < 4.78 is 0. The van der Waals surface area contributed by atoms with Crippen LogP contribution >= 0.6 is 0 Å². The Morgan fingerprint density at radius 1 is 1.00 bits per heavy atom. The third kappa shape index (κ3) is 3.63. The van der Waals surface area contributed by atoms with E-state index in [1.54, 1.807) is 0 Å². The minimum atomic E-state index is -0.0514. The van der Waals surface area contributed by atoms with Gasteiger partial charge in [0, 0.05) is 11.4 Å². The van der Waals surface area contributed by atoms with Gasteiger partial charge in [0.25, 0.3) is 0 Å². The summed E-state index contributed by atoms with van der Waals surface area (Å²) in [7, 11) is 0. The molecule has 92 valence electrons. The molecular formula is C15H16N2O. The second kappa shape index (κ2) is 5.87. The molecule has 2 rings (SSSR count). The molecule has 0 atom stereocenters. The standard InChI is InChI=1S/C15H16N2O/c1-12-6-5-9-14(10-12)17-15(18)11-16-13-7-3-2-4-8-13/h2-10,16H,11H2,1H3,(H,17,18). The van der Waals surface area contributed by atoms with Crippen molar-refractivity contribution in [3.63, 3.8) is 0 Å². The van der Waals surface area contributed by atoms with Crippen molar-refractivity contribution >= 4 is 17.3 Å². The fraction of sp³-hybridized carbons (Fsp3) is 0.133. The molecule has 0 aliphatic rings. The second-order valence-corrected chi connectivity index (χ2v) is 4.14. The second-order valence-electron chi connectivity index (χ2n) is 4.14. The van der Waals surface area contributed by atoms with E-state index in [1.165, 1.54) is 0 Å². The molecular weight excluding hydrogens is 224 g/mol. The Balaban J connectivity index is 1.86. The zero-order valence-corrected chi connectivity index (χ0v) is 10.3. The van der Waals surface area contributed by atoms with Gasteiger partial charge in [-0.05, 0) is 36.8 Å². The zero-order chi connectivity index (χ0) is 12.8. The third-order valence-electron chi connectivity index (χ3n) is 2.53. The van der Waals surface area contributed by atoms with E-state index in [1.807, 2.05) is 61.5 Å². The first-order chi connectivity index (χ1) is 8.74. The SMILES string of the molecule is Cc1cccc(NC(=O)CNc2ccccc2)c1. The molecule has 0 spiro atoms. The summed E-state index contributed by atoms with van der Waals surface area (Å²) >= 11 is 0. The molecule has 3 nitrogen and oxygen atoms in total. The average molecular weight is 240 g/mol. The van der Waals surface area contributed by atoms with Crippen molar-refractivity contribution in [1.82, 2.24) is 0 Å². The number of aryl methyl sites for hydroxylation is 1. The summed E-state index contributed by atoms with van der Waals surface area (Å²) in [6, 6.07) is 17.4. The van der Waals surface area contributed by atoms with Crippen molar-refractivity contribution in [2.45, 2.75) is 6.92 Å². The molecule has 0 bridgehead atoms. The highest BCUT2D eigenvalue weighted by Gasteiger charge is 2.01. The minimum absolute atomic E-state index is 0.0514. The van der Waals surface area contributed by atoms with Crippen molar-refractivity contribution in [3.05, 3.63) is 60.2 Å². The van der Waals surface area contributed by atoms with Crippen LogP contribution in [0.1, 0.15) is 5.56 Å². The van der Waals surface area contributed by atoms with Crippen molar-refractivity contribution in [2.75, 3.05) is 17.2 Å². The molecule has 0 aliphatic carbocycles. The summed E-state index contributed by atoms with van der Waals surface area (Å²) in [5.74, 6) is -0.0514. The number of anilines is 2. The molecule has 0 radical (unpaired) electrons. The van der Waals surface area contributed by atoms with Gasteiger partial charge in [0.15, 0.2) is 0 Å². The highest BCUT2D eigenvalue weighted by atomic mass is 16.1. The van der Waals surface area contributed by atoms with Crippen LogP contribution in [0.25, 0.3) is 0 Å². The normalized spacial score (nSPS) is 9.83. The summed E-state index contributed by atoms with van der Waals surface area (Å²) in [5.41, 5.74) is 2.90. The van der Waals surface area contributed by atoms with Gasteiger partial charge in [0.1, 0.15) is 0 Å². The molecule has 2 aromatic rings. The van der Waals surface area contributed by atoms with E-state index < -0.39 is 0 Å². The van der Waals surface area contributed by atoms with Crippen LogP contribution in [0, 0.1) is 6.92 Å². The number of benzene rings is 2. The lowest BCUT2D eigenvalue weighted by Crippen LogP contribution is -2.21. The summed E-state index contributed by atoms with van der Waals surface area (Å²) in [5, 5.41) is 5.92. The van der Waals surface area contributed by atoms with E-state index in [0.29, 0.717) is 0 Å². The first kappa shape index (κ1) is 12.2. The van der Waals surface area contributed by atoms with Crippen LogP contribution in [-0.4, -0.2) is 12.5 Å². The molecule has 0 heterocycles. The Hall–Kier alpha value is -2.29. The third-order valence-corrected chi connectivity index (χ3v) is 2.53. The predicted molar refractivity (Wildman–Crippen MR) is 74.7 cm³/mol.